The number of nitrogens with one attached hydrogen (secondary N) is 1. The monoisotopic (exact) mass is 336 g/mol. The van der Waals surface area contributed by atoms with Gasteiger partial charge in [-0.25, -0.2) is 9.07 Å². The number of rotatable bonds is 3. The Bertz CT molecular complexity index is 722. The molecule has 1 unspecified atom stereocenters. The number of aryl methyl sites for hydroxylation is 1. The highest BCUT2D eigenvalue weighted by Crippen LogP contribution is 2.25. The van der Waals surface area contributed by atoms with Gasteiger partial charge >= 0.3 is 0 Å². The lowest BCUT2D eigenvalue weighted by Gasteiger charge is -2.23. The van der Waals surface area contributed by atoms with E-state index in [0.717, 1.165) is 19.5 Å². The van der Waals surface area contributed by atoms with Crippen molar-refractivity contribution in [2.75, 3.05) is 20.1 Å². The maximum Gasteiger partial charge on any atom is 0.258 e. The van der Waals surface area contributed by atoms with Gasteiger partial charge in [0, 0.05) is 19.6 Å². The average Bonchev–Trinajstić information content (AvgIpc) is 3.15. The van der Waals surface area contributed by atoms with Crippen LogP contribution in [0.1, 0.15) is 22.5 Å². The van der Waals surface area contributed by atoms with E-state index in [1.54, 1.807) is 31.0 Å². The topological polar surface area (TPSA) is 50.2 Å². The fourth-order valence-electron chi connectivity index (χ4n) is 2.81. The second-order valence-corrected chi connectivity index (χ2v) is 6.06. The van der Waals surface area contributed by atoms with E-state index in [0.29, 0.717) is 16.9 Å². The van der Waals surface area contributed by atoms with Crippen LogP contribution in [-0.2, 0) is 0 Å². The van der Waals surface area contributed by atoms with Crippen LogP contribution < -0.4 is 5.32 Å². The number of hydrogen-bond donors (Lipinski definition) is 1. The Hall–Kier alpha value is -1.92. The van der Waals surface area contributed by atoms with Crippen molar-refractivity contribution >= 4 is 17.5 Å². The smallest absolute Gasteiger partial charge is 0.258 e. The maximum absolute atomic E-state index is 13.1. The molecule has 3 rings (SSSR count). The Labute approximate surface area is 139 Å². The summed E-state index contributed by atoms with van der Waals surface area (Å²) in [6.07, 6.45) is 0.922. The summed E-state index contributed by atoms with van der Waals surface area (Å²) in [7, 11) is 1.78. The second-order valence-electron chi connectivity index (χ2n) is 5.70. The molecule has 1 aliphatic heterocycles. The molecule has 0 bridgehead atoms. The number of hydrogen-bond acceptors (Lipinski definition) is 3. The standard InChI is InChI=1S/C16H18ClFN4O/c1-10-14(16(23)21(2)13-7-8-19-9-13)15(17)22(20-10)12-5-3-11(18)4-6-12/h3-6,13,19H,7-9H2,1-2H3. The minimum absolute atomic E-state index is 0.144. The van der Waals surface area contributed by atoms with Crippen molar-refractivity contribution in [3.05, 3.63) is 46.5 Å². The van der Waals surface area contributed by atoms with Crippen molar-refractivity contribution in [2.45, 2.75) is 19.4 Å². The number of amides is 1. The number of carbonyl (C=O) groups is 1. The first kappa shape index (κ1) is 16.0. The zero-order valence-electron chi connectivity index (χ0n) is 13.0. The summed E-state index contributed by atoms with van der Waals surface area (Å²) >= 11 is 6.39. The lowest BCUT2D eigenvalue weighted by atomic mass is 10.2. The highest BCUT2D eigenvalue weighted by atomic mass is 35.5. The highest BCUT2D eigenvalue weighted by Gasteiger charge is 2.29. The second kappa shape index (κ2) is 6.29. The Morgan fingerprint density at radius 3 is 2.74 bits per heavy atom. The van der Waals surface area contributed by atoms with Crippen LogP contribution in [0.5, 0.6) is 0 Å². The molecule has 2 aromatic rings. The SMILES string of the molecule is Cc1nn(-c2ccc(F)cc2)c(Cl)c1C(=O)N(C)C1CCNC1. The normalized spacial score (nSPS) is 17.5. The first-order chi connectivity index (χ1) is 11.0. The molecule has 1 atom stereocenters. The van der Waals surface area contributed by atoms with Crippen molar-refractivity contribution in [3.8, 4) is 5.69 Å². The molecule has 0 aliphatic carbocycles. The third kappa shape index (κ3) is 2.96. The predicted octanol–water partition coefficient (Wildman–Crippen LogP) is 2.41. The van der Waals surface area contributed by atoms with Crippen molar-refractivity contribution < 1.29 is 9.18 Å². The summed E-state index contributed by atoms with van der Waals surface area (Å²) < 4.78 is 14.5. The van der Waals surface area contributed by atoms with Crippen LogP contribution in [0.4, 0.5) is 4.39 Å². The average molecular weight is 337 g/mol. The summed E-state index contributed by atoms with van der Waals surface area (Å²) in [5, 5.41) is 7.83. The van der Waals surface area contributed by atoms with E-state index in [-0.39, 0.29) is 22.9 Å². The van der Waals surface area contributed by atoms with Crippen molar-refractivity contribution in [1.82, 2.24) is 20.0 Å². The van der Waals surface area contributed by atoms with Gasteiger partial charge in [0.25, 0.3) is 5.91 Å². The van der Waals surface area contributed by atoms with Crippen molar-refractivity contribution in [2.24, 2.45) is 0 Å². The van der Waals surface area contributed by atoms with Crippen LogP contribution in [0.25, 0.3) is 5.69 Å². The van der Waals surface area contributed by atoms with Gasteiger partial charge in [-0.1, -0.05) is 11.6 Å². The molecule has 0 spiro atoms. The Balaban J connectivity index is 1.94. The van der Waals surface area contributed by atoms with Crippen LogP contribution in [0, 0.1) is 12.7 Å². The van der Waals surface area contributed by atoms with Gasteiger partial charge in [-0.15, -0.1) is 0 Å². The van der Waals surface area contributed by atoms with Crippen LogP contribution in [-0.4, -0.2) is 46.8 Å². The lowest BCUT2D eigenvalue weighted by molar-refractivity contribution is 0.0743. The molecule has 0 radical (unpaired) electrons. The number of halogens is 2. The summed E-state index contributed by atoms with van der Waals surface area (Å²) in [4.78, 5) is 14.5. The molecule has 1 aromatic carbocycles. The fourth-order valence-corrected chi connectivity index (χ4v) is 3.16. The van der Waals surface area contributed by atoms with Gasteiger partial charge in [0.05, 0.1) is 16.9 Å². The number of benzene rings is 1. The van der Waals surface area contributed by atoms with E-state index in [4.69, 9.17) is 11.6 Å². The molecule has 1 N–H and O–H groups in total. The third-order valence-electron chi connectivity index (χ3n) is 4.19. The van der Waals surface area contributed by atoms with Crippen LogP contribution in [0.3, 0.4) is 0 Å². The molecule has 5 nitrogen and oxygen atoms in total. The first-order valence-electron chi connectivity index (χ1n) is 7.48. The summed E-state index contributed by atoms with van der Waals surface area (Å²) in [5.41, 5.74) is 1.57. The van der Waals surface area contributed by atoms with Gasteiger partial charge in [-0.05, 0) is 44.2 Å². The van der Waals surface area contributed by atoms with Crippen molar-refractivity contribution in [3.63, 3.8) is 0 Å². The van der Waals surface area contributed by atoms with E-state index in [1.807, 2.05) is 0 Å². The van der Waals surface area contributed by atoms with E-state index < -0.39 is 0 Å². The van der Waals surface area contributed by atoms with Gasteiger partial charge in [-0.2, -0.15) is 5.10 Å². The molecular formula is C16H18ClFN4O. The maximum atomic E-state index is 13.1. The van der Waals surface area contributed by atoms with Crippen LogP contribution in [0.15, 0.2) is 24.3 Å². The van der Waals surface area contributed by atoms with E-state index in [2.05, 4.69) is 10.4 Å². The minimum atomic E-state index is -0.335. The zero-order chi connectivity index (χ0) is 16.6. The third-order valence-corrected chi connectivity index (χ3v) is 4.54. The highest BCUT2D eigenvalue weighted by molar-refractivity contribution is 6.33. The molecule has 2 heterocycles. The van der Waals surface area contributed by atoms with Crippen LogP contribution in [0.2, 0.25) is 5.15 Å². The van der Waals surface area contributed by atoms with Gasteiger partial charge < -0.3 is 10.2 Å². The van der Waals surface area contributed by atoms with Crippen LogP contribution >= 0.6 is 11.6 Å². The van der Waals surface area contributed by atoms with E-state index in [9.17, 15) is 9.18 Å². The van der Waals surface area contributed by atoms with Gasteiger partial charge in [-0.3, -0.25) is 4.79 Å². The fraction of sp³-hybridized carbons (Fsp3) is 0.375. The molecule has 1 fully saturated rings. The summed E-state index contributed by atoms with van der Waals surface area (Å²) in [6.45, 7) is 3.44. The molecule has 122 valence electrons. The molecular weight excluding hydrogens is 319 g/mol. The summed E-state index contributed by atoms with van der Waals surface area (Å²) in [5.74, 6) is -0.479. The van der Waals surface area contributed by atoms with E-state index >= 15 is 0 Å². The molecule has 1 aliphatic rings. The largest absolute Gasteiger partial charge is 0.337 e. The van der Waals surface area contributed by atoms with E-state index in [1.165, 1.54) is 16.8 Å². The van der Waals surface area contributed by atoms with Gasteiger partial charge in [0.1, 0.15) is 11.0 Å². The summed E-state index contributed by atoms with van der Waals surface area (Å²) in [6, 6.07) is 5.98. The molecule has 1 saturated heterocycles. The minimum Gasteiger partial charge on any atom is -0.337 e. The Morgan fingerprint density at radius 1 is 1.43 bits per heavy atom. The zero-order valence-corrected chi connectivity index (χ0v) is 13.8. The molecule has 1 aromatic heterocycles. The molecule has 1 amide bonds. The Morgan fingerprint density at radius 2 is 2.13 bits per heavy atom. The van der Waals surface area contributed by atoms with Crippen molar-refractivity contribution in [1.29, 1.82) is 0 Å². The molecule has 23 heavy (non-hydrogen) atoms. The number of aromatic nitrogens is 2. The number of carbonyl (C=O) groups excluding carboxylic acids is 1. The molecule has 7 heteroatoms. The predicted molar refractivity (Wildman–Crippen MR) is 86.6 cm³/mol. The number of likely N-dealkylation sites (N-methyl/N-ethyl adjacent to an activating group) is 1. The Kier molecular flexibility index (Phi) is 4.37. The van der Waals surface area contributed by atoms with Gasteiger partial charge in [0.2, 0.25) is 0 Å². The lowest BCUT2D eigenvalue weighted by Crippen LogP contribution is -2.38. The number of nitrogens with zero attached hydrogens (tertiary/aromatic N) is 3. The first-order valence-corrected chi connectivity index (χ1v) is 7.85. The van der Waals surface area contributed by atoms with Gasteiger partial charge in [0.15, 0.2) is 0 Å². The quantitative estimate of drug-likeness (QED) is 0.936. The molecule has 0 saturated carbocycles.